The van der Waals surface area contributed by atoms with E-state index in [9.17, 15) is 4.79 Å². The van der Waals surface area contributed by atoms with Crippen LogP contribution < -0.4 is 5.32 Å². The zero-order valence-corrected chi connectivity index (χ0v) is 14.0. The molecule has 0 aromatic heterocycles. The first kappa shape index (κ1) is 15.8. The van der Waals surface area contributed by atoms with Crippen LogP contribution in [0.3, 0.4) is 0 Å². The van der Waals surface area contributed by atoms with Gasteiger partial charge >= 0.3 is 6.03 Å². The Kier molecular flexibility index (Phi) is 5.37. The van der Waals surface area contributed by atoms with E-state index in [1.54, 1.807) is 0 Å². The molecular formula is C18H31N3O. The normalized spacial score (nSPS) is 30.6. The van der Waals surface area contributed by atoms with Crippen LogP contribution in [0.15, 0.2) is 4.99 Å². The van der Waals surface area contributed by atoms with Gasteiger partial charge in [0.05, 0.1) is 6.04 Å². The van der Waals surface area contributed by atoms with Crippen LogP contribution in [-0.2, 0) is 0 Å². The van der Waals surface area contributed by atoms with E-state index in [0.717, 1.165) is 31.5 Å². The predicted octanol–water partition coefficient (Wildman–Crippen LogP) is 4.24. The van der Waals surface area contributed by atoms with Gasteiger partial charge in [-0.05, 0) is 32.1 Å². The van der Waals surface area contributed by atoms with E-state index in [1.165, 1.54) is 51.4 Å². The molecule has 2 saturated carbocycles. The quantitative estimate of drug-likeness (QED) is 0.832. The molecule has 0 spiro atoms. The topological polar surface area (TPSA) is 44.7 Å². The fraction of sp³-hybridized carbons (Fsp3) is 0.889. The van der Waals surface area contributed by atoms with Crippen molar-refractivity contribution in [1.29, 1.82) is 0 Å². The van der Waals surface area contributed by atoms with Crippen molar-refractivity contribution < 1.29 is 4.79 Å². The highest BCUT2D eigenvalue weighted by atomic mass is 16.2. The van der Waals surface area contributed by atoms with Gasteiger partial charge in [0.25, 0.3) is 0 Å². The van der Waals surface area contributed by atoms with Crippen molar-refractivity contribution in [2.24, 2.45) is 4.99 Å². The van der Waals surface area contributed by atoms with Gasteiger partial charge in [-0.3, -0.25) is 9.89 Å². The van der Waals surface area contributed by atoms with Crippen LogP contribution in [0.2, 0.25) is 0 Å². The lowest BCUT2D eigenvalue weighted by Gasteiger charge is -2.41. The number of carbonyl (C=O) groups excluding carboxylic acids is 1. The Labute approximate surface area is 134 Å². The zero-order valence-electron chi connectivity index (χ0n) is 14.0. The zero-order chi connectivity index (χ0) is 15.4. The lowest BCUT2D eigenvalue weighted by Crippen LogP contribution is -2.58. The number of amidine groups is 1. The van der Waals surface area contributed by atoms with Crippen molar-refractivity contribution in [2.75, 3.05) is 0 Å². The van der Waals surface area contributed by atoms with Gasteiger partial charge in [0.15, 0.2) is 0 Å². The molecule has 1 saturated heterocycles. The summed E-state index contributed by atoms with van der Waals surface area (Å²) in [4.78, 5) is 19.8. The minimum Gasteiger partial charge on any atom is -0.334 e. The summed E-state index contributed by atoms with van der Waals surface area (Å²) in [6, 6.07) is 1.22. The summed E-state index contributed by atoms with van der Waals surface area (Å²) in [6.45, 7) is 2.15. The molecule has 1 N–H and O–H groups in total. The fourth-order valence-electron chi connectivity index (χ4n) is 4.23. The highest BCUT2D eigenvalue weighted by molar-refractivity contribution is 6.00. The average Bonchev–Trinajstić information content (AvgIpc) is 2.56. The van der Waals surface area contributed by atoms with Crippen LogP contribution in [0.25, 0.3) is 0 Å². The molecule has 1 heterocycles. The van der Waals surface area contributed by atoms with Crippen LogP contribution >= 0.6 is 0 Å². The second-order valence-corrected chi connectivity index (χ2v) is 7.26. The first-order valence-corrected chi connectivity index (χ1v) is 9.44. The van der Waals surface area contributed by atoms with Gasteiger partial charge in [-0.1, -0.05) is 45.4 Å². The third kappa shape index (κ3) is 3.64. The van der Waals surface area contributed by atoms with Crippen molar-refractivity contribution in [3.05, 3.63) is 0 Å². The molecular weight excluding hydrogens is 274 g/mol. The molecule has 2 amide bonds. The third-order valence-electron chi connectivity index (χ3n) is 5.59. The van der Waals surface area contributed by atoms with E-state index in [4.69, 9.17) is 4.99 Å². The van der Waals surface area contributed by atoms with Crippen molar-refractivity contribution in [3.63, 3.8) is 0 Å². The minimum absolute atomic E-state index is 0.111. The number of rotatable bonds is 3. The average molecular weight is 305 g/mol. The number of nitrogens with one attached hydrogen (secondary N) is 1. The highest BCUT2D eigenvalue weighted by Crippen LogP contribution is 2.28. The van der Waals surface area contributed by atoms with Crippen LogP contribution in [0.1, 0.15) is 84.0 Å². The summed E-state index contributed by atoms with van der Waals surface area (Å²) in [6.07, 6.45) is 14.4. The van der Waals surface area contributed by atoms with E-state index in [1.807, 2.05) is 4.90 Å². The second-order valence-electron chi connectivity index (χ2n) is 7.26. The van der Waals surface area contributed by atoms with Gasteiger partial charge in [-0.2, -0.15) is 0 Å². The minimum atomic E-state index is 0.111. The van der Waals surface area contributed by atoms with Crippen molar-refractivity contribution in [2.45, 2.75) is 102 Å². The summed E-state index contributed by atoms with van der Waals surface area (Å²) in [5.41, 5.74) is 0. The maximum atomic E-state index is 12.6. The number of carbonyl (C=O) groups is 1. The number of urea groups is 1. The number of hydrogen-bond donors (Lipinski definition) is 1. The Morgan fingerprint density at radius 1 is 1.05 bits per heavy atom. The van der Waals surface area contributed by atoms with E-state index < -0.39 is 0 Å². The predicted molar refractivity (Wildman–Crippen MR) is 90.2 cm³/mol. The third-order valence-corrected chi connectivity index (χ3v) is 5.59. The monoisotopic (exact) mass is 305 g/mol. The summed E-state index contributed by atoms with van der Waals surface area (Å²) >= 11 is 0. The molecule has 22 heavy (non-hydrogen) atoms. The first-order chi connectivity index (χ1) is 10.8. The van der Waals surface area contributed by atoms with Crippen molar-refractivity contribution >= 4 is 11.9 Å². The van der Waals surface area contributed by atoms with Gasteiger partial charge in [0.2, 0.25) is 0 Å². The molecule has 2 aliphatic carbocycles. The maximum Gasteiger partial charge on any atom is 0.323 e. The maximum absolute atomic E-state index is 12.6. The van der Waals surface area contributed by atoms with Crippen LogP contribution in [-0.4, -0.2) is 34.9 Å². The van der Waals surface area contributed by atoms with E-state index in [0.29, 0.717) is 12.1 Å². The van der Waals surface area contributed by atoms with E-state index >= 15 is 0 Å². The van der Waals surface area contributed by atoms with Gasteiger partial charge in [-0.15, -0.1) is 0 Å². The SMILES string of the molecule is CC[C@H]1CC(=NC2CCCCC2)N(C2CCCCC2)C(=O)N1. The van der Waals surface area contributed by atoms with Crippen molar-refractivity contribution in [1.82, 2.24) is 10.2 Å². The molecule has 4 heteroatoms. The number of nitrogens with zero attached hydrogens (tertiary/aromatic N) is 2. The first-order valence-electron chi connectivity index (χ1n) is 9.44. The van der Waals surface area contributed by atoms with Crippen LogP contribution in [0.4, 0.5) is 4.79 Å². The second kappa shape index (κ2) is 7.47. The molecule has 1 atom stereocenters. The Balaban J connectivity index is 1.78. The van der Waals surface area contributed by atoms with Gasteiger partial charge in [-0.25, -0.2) is 4.79 Å². The fourth-order valence-corrected chi connectivity index (χ4v) is 4.23. The lowest BCUT2D eigenvalue weighted by molar-refractivity contribution is 0.181. The van der Waals surface area contributed by atoms with Gasteiger partial charge in [0, 0.05) is 18.5 Å². The van der Waals surface area contributed by atoms with Gasteiger partial charge < -0.3 is 5.32 Å². The number of hydrogen-bond acceptors (Lipinski definition) is 2. The summed E-state index contributed by atoms with van der Waals surface area (Å²) in [5, 5.41) is 3.19. The summed E-state index contributed by atoms with van der Waals surface area (Å²) in [5.74, 6) is 1.09. The molecule has 3 aliphatic rings. The molecule has 0 radical (unpaired) electrons. The Hall–Kier alpha value is -1.06. The highest BCUT2D eigenvalue weighted by Gasteiger charge is 2.35. The van der Waals surface area contributed by atoms with E-state index in [2.05, 4.69) is 12.2 Å². The number of aliphatic imine (C=N–C) groups is 1. The molecule has 124 valence electrons. The standard InChI is InChI=1S/C18H31N3O/c1-2-14-13-17(19-15-9-5-3-6-10-15)21(18(22)20-14)16-11-7-4-8-12-16/h14-16H,2-13H2,1H3,(H,20,22)/t14-/m0/s1. The molecule has 1 aliphatic heterocycles. The smallest absolute Gasteiger partial charge is 0.323 e. The van der Waals surface area contributed by atoms with Crippen LogP contribution in [0, 0.1) is 0 Å². The molecule has 0 unspecified atom stereocenters. The van der Waals surface area contributed by atoms with E-state index in [-0.39, 0.29) is 12.1 Å². The Morgan fingerprint density at radius 3 is 2.32 bits per heavy atom. The largest absolute Gasteiger partial charge is 0.334 e. The van der Waals surface area contributed by atoms with Crippen LogP contribution in [0.5, 0.6) is 0 Å². The molecule has 3 rings (SSSR count). The van der Waals surface area contributed by atoms with Crippen molar-refractivity contribution in [3.8, 4) is 0 Å². The lowest BCUT2D eigenvalue weighted by atomic mass is 9.92. The van der Waals surface area contributed by atoms with Gasteiger partial charge in [0.1, 0.15) is 5.84 Å². The molecule has 3 fully saturated rings. The molecule has 0 aromatic carbocycles. The summed E-state index contributed by atoms with van der Waals surface area (Å²) < 4.78 is 0. The summed E-state index contributed by atoms with van der Waals surface area (Å²) in [7, 11) is 0. The Bertz CT molecular complexity index is 409. The Morgan fingerprint density at radius 2 is 1.68 bits per heavy atom. The number of amides is 2. The molecule has 0 bridgehead atoms. The molecule has 4 nitrogen and oxygen atoms in total. The molecule has 0 aromatic rings.